The maximum absolute atomic E-state index is 12.5. The molecule has 0 atom stereocenters. The van der Waals surface area contributed by atoms with Gasteiger partial charge in [-0.05, 0) is 61.3 Å². The Labute approximate surface area is 147 Å². The minimum Gasteiger partial charge on any atom is -0.342 e. The van der Waals surface area contributed by atoms with Crippen LogP contribution in [0.25, 0.3) is 5.69 Å². The second kappa shape index (κ2) is 7.31. The number of carbonyl (C=O) groups excluding carboxylic acids is 1. The van der Waals surface area contributed by atoms with Gasteiger partial charge in [0.1, 0.15) is 0 Å². The van der Waals surface area contributed by atoms with Crippen LogP contribution in [-0.2, 0) is 11.3 Å². The Morgan fingerprint density at radius 1 is 1.04 bits per heavy atom. The molecule has 2 aliphatic rings. The lowest BCUT2D eigenvalue weighted by Gasteiger charge is -2.32. The molecule has 132 valence electrons. The third-order valence-corrected chi connectivity index (χ3v) is 5.25. The van der Waals surface area contributed by atoms with Gasteiger partial charge in [0.2, 0.25) is 5.91 Å². The van der Waals surface area contributed by atoms with Gasteiger partial charge in [-0.2, -0.15) is 4.68 Å². The van der Waals surface area contributed by atoms with Crippen molar-refractivity contribution in [1.82, 2.24) is 30.0 Å². The third-order valence-electron chi connectivity index (χ3n) is 5.25. The monoisotopic (exact) mass is 340 g/mol. The Bertz CT molecular complexity index is 701. The molecule has 2 saturated heterocycles. The number of tetrazole rings is 1. The van der Waals surface area contributed by atoms with Gasteiger partial charge in [0.05, 0.1) is 12.2 Å². The minimum absolute atomic E-state index is 0.194. The molecule has 3 heterocycles. The summed E-state index contributed by atoms with van der Waals surface area (Å²) >= 11 is 0. The minimum atomic E-state index is 0.194. The molecule has 7 nitrogen and oxygen atoms in total. The summed E-state index contributed by atoms with van der Waals surface area (Å²) in [6.45, 7) is 4.46. The van der Waals surface area contributed by atoms with Crippen LogP contribution in [0.4, 0.5) is 0 Å². The van der Waals surface area contributed by atoms with E-state index in [0.29, 0.717) is 12.5 Å². The molecule has 2 aliphatic heterocycles. The van der Waals surface area contributed by atoms with E-state index in [4.69, 9.17) is 0 Å². The first-order chi connectivity index (χ1) is 12.3. The number of nitrogens with zero attached hydrogens (tertiary/aromatic N) is 6. The van der Waals surface area contributed by atoms with E-state index in [1.165, 1.54) is 0 Å². The fourth-order valence-electron chi connectivity index (χ4n) is 3.81. The third kappa shape index (κ3) is 3.56. The summed E-state index contributed by atoms with van der Waals surface area (Å²) in [6.07, 6.45) is 4.18. The zero-order valence-corrected chi connectivity index (χ0v) is 14.4. The van der Waals surface area contributed by atoms with Crippen molar-refractivity contribution < 1.29 is 4.79 Å². The summed E-state index contributed by atoms with van der Waals surface area (Å²) < 4.78 is 1.79. The molecular weight excluding hydrogens is 316 g/mol. The molecule has 0 saturated carbocycles. The van der Waals surface area contributed by atoms with Crippen LogP contribution in [0.3, 0.4) is 0 Å². The standard InChI is InChI=1S/C18H24N6O/c25-18(23-10-4-5-11-23)15-8-12-22(13-9-15)14-17-19-20-21-24(17)16-6-2-1-3-7-16/h1-3,6-7,15H,4-5,8-14H2. The van der Waals surface area contributed by atoms with Crippen LogP contribution in [0.1, 0.15) is 31.5 Å². The number of hydrogen-bond acceptors (Lipinski definition) is 5. The quantitative estimate of drug-likeness (QED) is 0.844. The number of aromatic nitrogens is 4. The largest absolute Gasteiger partial charge is 0.342 e. The molecule has 0 unspecified atom stereocenters. The number of piperidine rings is 1. The van der Waals surface area contributed by atoms with Crippen molar-refractivity contribution in [1.29, 1.82) is 0 Å². The van der Waals surface area contributed by atoms with E-state index in [0.717, 1.165) is 63.4 Å². The van der Waals surface area contributed by atoms with Crippen LogP contribution in [0.15, 0.2) is 30.3 Å². The number of benzene rings is 1. The summed E-state index contributed by atoms with van der Waals surface area (Å²) in [6, 6.07) is 9.95. The van der Waals surface area contributed by atoms with Gasteiger partial charge in [-0.25, -0.2) is 0 Å². The lowest BCUT2D eigenvalue weighted by molar-refractivity contribution is -0.136. The maximum Gasteiger partial charge on any atom is 0.225 e. The molecule has 1 aromatic carbocycles. The Kier molecular flexibility index (Phi) is 4.74. The smallest absolute Gasteiger partial charge is 0.225 e. The van der Waals surface area contributed by atoms with Gasteiger partial charge < -0.3 is 4.90 Å². The van der Waals surface area contributed by atoms with Gasteiger partial charge in [0, 0.05) is 19.0 Å². The highest BCUT2D eigenvalue weighted by Gasteiger charge is 2.30. The fourth-order valence-corrected chi connectivity index (χ4v) is 3.81. The van der Waals surface area contributed by atoms with Gasteiger partial charge in [-0.15, -0.1) is 5.10 Å². The number of para-hydroxylation sites is 1. The molecule has 2 aromatic rings. The molecular formula is C18H24N6O. The molecule has 0 spiro atoms. The normalized spacial score (nSPS) is 19.4. The summed E-state index contributed by atoms with van der Waals surface area (Å²) in [5, 5.41) is 12.1. The zero-order chi connectivity index (χ0) is 17.1. The second-order valence-electron chi connectivity index (χ2n) is 6.93. The summed E-state index contributed by atoms with van der Waals surface area (Å²) in [5.74, 6) is 1.40. The van der Waals surface area contributed by atoms with E-state index < -0.39 is 0 Å². The predicted molar refractivity (Wildman–Crippen MR) is 93.0 cm³/mol. The van der Waals surface area contributed by atoms with E-state index in [-0.39, 0.29) is 5.92 Å². The lowest BCUT2D eigenvalue weighted by atomic mass is 9.95. The number of likely N-dealkylation sites (tertiary alicyclic amines) is 2. The fraction of sp³-hybridized carbons (Fsp3) is 0.556. The summed E-state index contributed by atoms with van der Waals surface area (Å²) in [5.41, 5.74) is 0.974. The molecule has 0 N–H and O–H groups in total. The van der Waals surface area contributed by atoms with Crippen molar-refractivity contribution in [3.63, 3.8) is 0 Å². The maximum atomic E-state index is 12.5. The molecule has 1 aromatic heterocycles. The highest BCUT2D eigenvalue weighted by Crippen LogP contribution is 2.23. The average Bonchev–Trinajstić information content (AvgIpc) is 3.35. The van der Waals surface area contributed by atoms with Crippen molar-refractivity contribution >= 4 is 5.91 Å². The van der Waals surface area contributed by atoms with Gasteiger partial charge >= 0.3 is 0 Å². The van der Waals surface area contributed by atoms with Crippen LogP contribution in [0.2, 0.25) is 0 Å². The van der Waals surface area contributed by atoms with Crippen molar-refractivity contribution in [2.24, 2.45) is 5.92 Å². The van der Waals surface area contributed by atoms with Crippen LogP contribution >= 0.6 is 0 Å². The second-order valence-corrected chi connectivity index (χ2v) is 6.93. The van der Waals surface area contributed by atoms with Gasteiger partial charge in [0.25, 0.3) is 0 Å². The lowest BCUT2D eigenvalue weighted by Crippen LogP contribution is -2.41. The topological polar surface area (TPSA) is 67.2 Å². The van der Waals surface area contributed by atoms with Crippen molar-refractivity contribution in [2.75, 3.05) is 26.2 Å². The number of amides is 1. The van der Waals surface area contributed by atoms with Crippen LogP contribution in [-0.4, -0.2) is 62.1 Å². The SMILES string of the molecule is O=C(C1CCN(Cc2nnnn2-c2ccccc2)CC1)N1CCCC1. The molecule has 4 rings (SSSR count). The van der Waals surface area contributed by atoms with Crippen molar-refractivity contribution in [3.05, 3.63) is 36.2 Å². The van der Waals surface area contributed by atoms with E-state index in [1.54, 1.807) is 4.68 Å². The van der Waals surface area contributed by atoms with Crippen molar-refractivity contribution in [2.45, 2.75) is 32.2 Å². The highest BCUT2D eigenvalue weighted by molar-refractivity contribution is 5.79. The predicted octanol–water partition coefficient (Wildman–Crippen LogP) is 1.50. The van der Waals surface area contributed by atoms with Crippen LogP contribution in [0, 0.1) is 5.92 Å². The Balaban J connectivity index is 1.35. The first-order valence-corrected chi connectivity index (χ1v) is 9.15. The summed E-state index contributed by atoms with van der Waals surface area (Å²) in [4.78, 5) is 16.9. The van der Waals surface area contributed by atoms with E-state index in [1.807, 2.05) is 30.3 Å². The van der Waals surface area contributed by atoms with Gasteiger partial charge in [-0.3, -0.25) is 9.69 Å². The average molecular weight is 340 g/mol. The Morgan fingerprint density at radius 3 is 2.48 bits per heavy atom. The molecule has 25 heavy (non-hydrogen) atoms. The van der Waals surface area contributed by atoms with Crippen molar-refractivity contribution in [3.8, 4) is 5.69 Å². The van der Waals surface area contributed by atoms with Gasteiger partial charge in [-0.1, -0.05) is 18.2 Å². The van der Waals surface area contributed by atoms with E-state index >= 15 is 0 Å². The molecule has 7 heteroatoms. The number of hydrogen-bond donors (Lipinski definition) is 0. The Morgan fingerprint density at radius 2 is 1.76 bits per heavy atom. The van der Waals surface area contributed by atoms with E-state index in [9.17, 15) is 4.79 Å². The Hall–Kier alpha value is -2.28. The first-order valence-electron chi connectivity index (χ1n) is 9.15. The van der Waals surface area contributed by atoms with Gasteiger partial charge in [0.15, 0.2) is 5.82 Å². The molecule has 0 bridgehead atoms. The molecule has 1 amide bonds. The molecule has 0 aliphatic carbocycles. The van der Waals surface area contributed by atoms with Crippen LogP contribution < -0.4 is 0 Å². The highest BCUT2D eigenvalue weighted by atomic mass is 16.2. The number of rotatable bonds is 4. The first kappa shape index (κ1) is 16.2. The van der Waals surface area contributed by atoms with Crippen LogP contribution in [0.5, 0.6) is 0 Å². The van der Waals surface area contributed by atoms with E-state index in [2.05, 4.69) is 25.3 Å². The zero-order valence-electron chi connectivity index (χ0n) is 14.4. The summed E-state index contributed by atoms with van der Waals surface area (Å²) in [7, 11) is 0. The molecule has 0 radical (unpaired) electrons. The molecule has 2 fully saturated rings. The number of carbonyl (C=O) groups is 1.